The maximum Gasteiger partial charge on any atom is 0.234 e. The summed E-state index contributed by atoms with van der Waals surface area (Å²) in [5, 5.41) is 9.57. The van der Waals surface area contributed by atoms with Gasteiger partial charge >= 0.3 is 0 Å². The Morgan fingerprint density at radius 3 is 2.81 bits per heavy atom. The van der Waals surface area contributed by atoms with Gasteiger partial charge in [-0.05, 0) is 42.5 Å². The summed E-state index contributed by atoms with van der Waals surface area (Å²) < 4.78 is 0. The highest BCUT2D eigenvalue weighted by Crippen LogP contribution is 2.34. The number of nitrogens with zero attached hydrogens (tertiary/aromatic N) is 1. The van der Waals surface area contributed by atoms with Gasteiger partial charge in [0.05, 0.1) is 5.92 Å². The maximum absolute atomic E-state index is 12.8. The Kier molecular flexibility index (Phi) is 3.65. The SMILES string of the molecule is CN(C(=O)C1CCCc2ccccc21)c1cccc(O)c1. The van der Waals surface area contributed by atoms with E-state index in [-0.39, 0.29) is 17.6 Å². The first-order valence-electron chi connectivity index (χ1n) is 7.31. The van der Waals surface area contributed by atoms with E-state index in [1.807, 2.05) is 18.2 Å². The molecule has 3 nitrogen and oxygen atoms in total. The second-order valence-electron chi connectivity index (χ2n) is 5.56. The summed E-state index contributed by atoms with van der Waals surface area (Å²) in [5.41, 5.74) is 3.16. The molecule has 108 valence electrons. The van der Waals surface area contributed by atoms with Crippen molar-refractivity contribution in [2.75, 3.05) is 11.9 Å². The van der Waals surface area contributed by atoms with Crippen LogP contribution in [-0.2, 0) is 11.2 Å². The van der Waals surface area contributed by atoms with Gasteiger partial charge in [-0.25, -0.2) is 0 Å². The average molecular weight is 281 g/mol. The minimum atomic E-state index is -0.0812. The number of rotatable bonds is 2. The molecule has 1 N–H and O–H groups in total. The van der Waals surface area contributed by atoms with E-state index in [1.165, 1.54) is 5.56 Å². The lowest BCUT2D eigenvalue weighted by Gasteiger charge is -2.28. The molecule has 0 bridgehead atoms. The normalized spacial score (nSPS) is 17.1. The van der Waals surface area contributed by atoms with Crippen LogP contribution in [0.5, 0.6) is 5.75 Å². The molecule has 1 atom stereocenters. The molecule has 1 aliphatic rings. The van der Waals surface area contributed by atoms with Crippen LogP contribution in [0.3, 0.4) is 0 Å². The fourth-order valence-electron chi connectivity index (χ4n) is 3.07. The van der Waals surface area contributed by atoms with E-state index in [0.717, 1.165) is 30.5 Å². The van der Waals surface area contributed by atoms with Gasteiger partial charge < -0.3 is 10.0 Å². The lowest BCUT2D eigenvalue weighted by Crippen LogP contribution is -2.33. The lowest BCUT2D eigenvalue weighted by atomic mass is 9.82. The second-order valence-corrected chi connectivity index (χ2v) is 5.56. The zero-order chi connectivity index (χ0) is 14.8. The van der Waals surface area contributed by atoms with E-state index >= 15 is 0 Å². The topological polar surface area (TPSA) is 40.5 Å². The van der Waals surface area contributed by atoms with Gasteiger partial charge in [-0.3, -0.25) is 4.79 Å². The predicted octanol–water partition coefficient (Wildman–Crippen LogP) is 3.48. The van der Waals surface area contributed by atoms with Gasteiger partial charge in [-0.15, -0.1) is 0 Å². The van der Waals surface area contributed by atoms with E-state index in [9.17, 15) is 9.90 Å². The van der Waals surface area contributed by atoms with E-state index in [2.05, 4.69) is 12.1 Å². The number of benzene rings is 2. The number of carbonyl (C=O) groups is 1. The van der Waals surface area contributed by atoms with Crippen LogP contribution in [0, 0.1) is 0 Å². The summed E-state index contributed by atoms with van der Waals surface area (Å²) in [5.74, 6) is 0.186. The molecule has 0 saturated carbocycles. The number of phenols is 1. The number of aromatic hydroxyl groups is 1. The predicted molar refractivity (Wildman–Crippen MR) is 83.6 cm³/mol. The van der Waals surface area contributed by atoms with Crippen molar-refractivity contribution in [3.8, 4) is 5.75 Å². The fraction of sp³-hybridized carbons (Fsp3) is 0.278. The maximum atomic E-state index is 12.8. The highest BCUT2D eigenvalue weighted by atomic mass is 16.3. The van der Waals surface area contributed by atoms with Crippen molar-refractivity contribution in [2.24, 2.45) is 0 Å². The minimum absolute atomic E-state index is 0.0812. The Labute approximate surface area is 124 Å². The highest BCUT2D eigenvalue weighted by Gasteiger charge is 2.28. The van der Waals surface area contributed by atoms with Crippen LogP contribution in [0.4, 0.5) is 5.69 Å². The zero-order valence-corrected chi connectivity index (χ0v) is 12.1. The fourth-order valence-corrected chi connectivity index (χ4v) is 3.07. The number of aryl methyl sites for hydroxylation is 1. The summed E-state index contributed by atoms with van der Waals surface area (Å²) in [6.07, 6.45) is 2.98. The summed E-state index contributed by atoms with van der Waals surface area (Å²) in [7, 11) is 1.77. The van der Waals surface area contributed by atoms with Crippen molar-refractivity contribution in [2.45, 2.75) is 25.2 Å². The van der Waals surface area contributed by atoms with Crippen LogP contribution in [0.15, 0.2) is 48.5 Å². The quantitative estimate of drug-likeness (QED) is 0.915. The molecular formula is C18H19NO2. The molecule has 2 aromatic carbocycles. The van der Waals surface area contributed by atoms with Gasteiger partial charge in [0.2, 0.25) is 5.91 Å². The number of likely N-dealkylation sites (N-methyl/N-ethyl adjacent to an activating group) is 1. The standard InChI is InChI=1S/C18H19NO2/c1-19(14-8-5-9-15(20)12-14)18(21)17-11-4-7-13-6-2-3-10-16(13)17/h2-3,5-6,8-10,12,17,20H,4,7,11H2,1H3. The number of hydrogen-bond donors (Lipinski definition) is 1. The van der Waals surface area contributed by atoms with Crippen LogP contribution >= 0.6 is 0 Å². The third kappa shape index (κ3) is 2.64. The van der Waals surface area contributed by atoms with Gasteiger partial charge in [0.15, 0.2) is 0 Å². The van der Waals surface area contributed by atoms with Gasteiger partial charge in [0.25, 0.3) is 0 Å². The van der Waals surface area contributed by atoms with Crippen LogP contribution in [0.25, 0.3) is 0 Å². The Bertz CT molecular complexity index is 666. The molecule has 0 saturated heterocycles. The van der Waals surface area contributed by atoms with Crippen molar-refractivity contribution in [1.82, 2.24) is 0 Å². The molecule has 0 fully saturated rings. The monoisotopic (exact) mass is 281 g/mol. The first kappa shape index (κ1) is 13.7. The van der Waals surface area contributed by atoms with Gasteiger partial charge in [-0.2, -0.15) is 0 Å². The molecule has 3 heteroatoms. The van der Waals surface area contributed by atoms with Crippen LogP contribution < -0.4 is 4.90 Å². The molecule has 21 heavy (non-hydrogen) atoms. The number of fused-ring (bicyclic) bond motifs is 1. The molecule has 0 aliphatic heterocycles. The van der Waals surface area contributed by atoms with Gasteiger partial charge in [-0.1, -0.05) is 30.3 Å². The van der Waals surface area contributed by atoms with E-state index in [0.29, 0.717) is 0 Å². The van der Waals surface area contributed by atoms with Crippen molar-refractivity contribution >= 4 is 11.6 Å². The zero-order valence-electron chi connectivity index (χ0n) is 12.1. The number of anilines is 1. The molecule has 1 aliphatic carbocycles. The molecule has 0 spiro atoms. The van der Waals surface area contributed by atoms with Gasteiger partial charge in [0.1, 0.15) is 5.75 Å². The first-order chi connectivity index (χ1) is 10.2. The Morgan fingerprint density at radius 1 is 1.19 bits per heavy atom. The summed E-state index contributed by atoms with van der Waals surface area (Å²) >= 11 is 0. The van der Waals surface area contributed by atoms with E-state index in [1.54, 1.807) is 30.1 Å². The third-order valence-corrected chi connectivity index (χ3v) is 4.22. The Morgan fingerprint density at radius 2 is 2.00 bits per heavy atom. The molecule has 2 aromatic rings. The molecule has 0 radical (unpaired) electrons. The van der Waals surface area contributed by atoms with E-state index < -0.39 is 0 Å². The third-order valence-electron chi connectivity index (χ3n) is 4.22. The number of phenolic OH excluding ortho intramolecular Hbond substituents is 1. The van der Waals surface area contributed by atoms with E-state index in [4.69, 9.17) is 0 Å². The van der Waals surface area contributed by atoms with Crippen molar-refractivity contribution in [3.05, 3.63) is 59.7 Å². The minimum Gasteiger partial charge on any atom is -0.508 e. The van der Waals surface area contributed by atoms with Crippen molar-refractivity contribution < 1.29 is 9.90 Å². The molecule has 0 aromatic heterocycles. The summed E-state index contributed by atoms with van der Waals surface area (Å²) in [6, 6.07) is 15.0. The molecular weight excluding hydrogens is 262 g/mol. The first-order valence-corrected chi connectivity index (χ1v) is 7.31. The van der Waals surface area contributed by atoms with Crippen LogP contribution in [0.1, 0.15) is 29.9 Å². The smallest absolute Gasteiger partial charge is 0.234 e. The summed E-state index contributed by atoms with van der Waals surface area (Å²) in [4.78, 5) is 14.5. The number of hydrogen-bond acceptors (Lipinski definition) is 2. The second kappa shape index (κ2) is 5.60. The molecule has 1 unspecified atom stereocenters. The lowest BCUT2D eigenvalue weighted by molar-refractivity contribution is -0.120. The molecule has 3 rings (SSSR count). The largest absolute Gasteiger partial charge is 0.508 e. The Balaban J connectivity index is 1.89. The molecule has 1 amide bonds. The van der Waals surface area contributed by atoms with Crippen LogP contribution in [0.2, 0.25) is 0 Å². The number of amides is 1. The highest BCUT2D eigenvalue weighted by molar-refractivity contribution is 5.98. The number of carbonyl (C=O) groups excluding carboxylic acids is 1. The Hall–Kier alpha value is -2.29. The van der Waals surface area contributed by atoms with Crippen molar-refractivity contribution in [1.29, 1.82) is 0 Å². The van der Waals surface area contributed by atoms with Gasteiger partial charge in [0, 0.05) is 18.8 Å². The van der Waals surface area contributed by atoms with Crippen molar-refractivity contribution in [3.63, 3.8) is 0 Å². The average Bonchev–Trinajstić information content (AvgIpc) is 2.53. The summed E-state index contributed by atoms with van der Waals surface area (Å²) in [6.45, 7) is 0. The van der Waals surface area contributed by atoms with Crippen LogP contribution in [-0.4, -0.2) is 18.1 Å². The molecule has 0 heterocycles.